The lowest BCUT2D eigenvalue weighted by Gasteiger charge is -2.17. The summed E-state index contributed by atoms with van der Waals surface area (Å²) in [6.45, 7) is 4.09. The van der Waals surface area contributed by atoms with Crippen LogP contribution in [0, 0.1) is 0 Å². The lowest BCUT2D eigenvalue weighted by molar-refractivity contribution is 0.559. The predicted octanol–water partition coefficient (Wildman–Crippen LogP) is 4.53. The fourth-order valence-electron chi connectivity index (χ4n) is 2.18. The van der Waals surface area contributed by atoms with Gasteiger partial charge in [0.05, 0.1) is 10.7 Å². The SMILES string of the molecule is CC(C)(N)c1sc(-c2ccccc2Cl)nc1C1CC1. The lowest BCUT2D eigenvalue weighted by Crippen LogP contribution is -2.28. The normalized spacial score (nSPS) is 15.8. The quantitative estimate of drug-likeness (QED) is 0.902. The van der Waals surface area contributed by atoms with Gasteiger partial charge in [-0.1, -0.05) is 29.8 Å². The van der Waals surface area contributed by atoms with Crippen molar-refractivity contribution in [2.24, 2.45) is 5.73 Å². The Bertz CT molecular complexity index is 609. The van der Waals surface area contributed by atoms with Gasteiger partial charge in [-0.05, 0) is 32.8 Å². The van der Waals surface area contributed by atoms with E-state index in [1.54, 1.807) is 11.3 Å². The van der Waals surface area contributed by atoms with E-state index >= 15 is 0 Å². The molecular formula is C15H17ClN2S. The van der Waals surface area contributed by atoms with Crippen molar-refractivity contribution in [1.82, 2.24) is 4.98 Å². The smallest absolute Gasteiger partial charge is 0.125 e. The number of benzene rings is 1. The molecule has 1 aliphatic rings. The van der Waals surface area contributed by atoms with E-state index in [0.29, 0.717) is 5.92 Å². The molecule has 0 saturated heterocycles. The minimum Gasteiger partial charge on any atom is -0.321 e. The third kappa shape index (κ3) is 2.55. The number of hydrogen-bond acceptors (Lipinski definition) is 3. The molecule has 1 saturated carbocycles. The van der Waals surface area contributed by atoms with Crippen molar-refractivity contribution in [2.45, 2.75) is 38.1 Å². The van der Waals surface area contributed by atoms with Crippen molar-refractivity contribution >= 4 is 22.9 Å². The molecule has 1 aliphatic carbocycles. The van der Waals surface area contributed by atoms with E-state index in [4.69, 9.17) is 22.3 Å². The van der Waals surface area contributed by atoms with E-state index in [-0.39, 0.29) is 5.54 Å². The molecule has 2 N–H and O–H groups in total. The zero-order valence-corrected chi connectivity index (χ0v) is 12.7. The number of nitrogens with two attached hydrogens (primary N) is 1. The highest BCUT2D eigenvalue weighted by atomic mass is 35.5. The second kappa shape index (κ2) is 4.58. The second-order valence-corrected chi connectivity index (χ2v) is 7.12. The first kappa shape index (κ1) is 13.1. The van der Waals surface area contributed by atoms with Gasteiger partial charge in [0.15, 0.2) is 0 Å². The van der Waals surface area contributed by atoms with Gasteiger partial charge < -0.3 is 5.73 Å². The van der Waals surface area contributed by atoms with Gasteiger partial charge in [0.2, 0.25) is 0 Å². The predicted molar refractivity (Wildman–Crippen MR) is 81.7 cm³/mol. The maximum Gasteiger partial charge on any atom is 0.125 e. The molecule has 1 aromatic carbocycles. The molecule has 0 radical (unpaired) electrons. The first-order valence-corrected chi connectivity index (χ1v) is 7.71. The fraction of sp³-hybridized carbons (Fsp3) is 0.400. The summed E-state index contributed by atoms with van der Waals surface area (Å²) in [6, 6.07) is 7.86. The van der Waals surface area contributed by atoms with Crippen molar-refractivity contribution in [3.8, 4) is 10.6 Å². The molecule has 2 aromatic rings. The van der Waals surface area contributed by atoms with Crippen molar-refractivity contribution in [3.05, 3.63) is 39.9 Å². The molecule has 0 atom stereocenters. The van der Waals surface area contributed by atoms with Gasteiger partial charge in [-0.2, -0.15) is 0 Å². The zero-order chi connectivity index (χ0) is 13.6. The fourth-order valence-corrected chi connectivity index (χ4v) is 3.66. The van der Waals surface area contributed by atoms with Gasteiger partial charge in [0.1, 0.15) is 5.01 Å². The third-order valence-electron chi connectivity index (χ3n) is 3.31. The molecule has 3 rings (SSSR count). The van der Waals surface area contributed by atoms with Gasteiger partial charge in [0, 0.05) is 21.9 Å². The minimum absolute atomic E-state index is 0.338. The monoisotopic (exact) mass is 292 g/mol. The number of halogens is 1. The average Bonchev–Trinajstić information content (AvgIpc) is 3.08. The number of hydrogen-bond donors (Lipinski definition) is 1. The van der Waals surface area contributed by atoms with Crippen LogP contribution in [0.4, 0.5) is 0 Å². The first-order chi connectivity index (χ1) is 8.97. The standard InChI is InChI=1S/C15H17ClN2S/c1-15(2,17)13-12(9-7-8-9)18-14(19-13)10-5-3-4-6-11(10)16/h3-6,9H,7-8,17H2,1-2H3. The Morgan fingerprint density at radius 3 is 2.58 bits per heavy atom. The van der Waals surface area contributed by atoms with Crippen LogP contribution >= 0.6 is 22.9 Å². The molecule has 19 heavy (non-hydrogen) atoms. The summed E-state index contributed by atoms with van der Waals surface area (Å²) in [5, 5.41) is 1.74. The summed E-state index contributed by atoms with van der Waals surface area (Å²) in [4.78, 5) is 6.02. The lowest BCUT2D eigenvalue weighted by atomic mass is 10.0. The largest absolute Gasteiger partial charge is 0.321 e. The van der Waals surface area contributed by atoms with Gasteiger partial charge >= 0.3 is 0 Å². The number of aromatic nitrogens is 1. The van der Waals surface area contributed by atoms with E-state index in [2.05, 4.69) is 0 Å². The van der Waals surface area contributed by atoms with Crippen molar-refractivity contribution in [2.75, 3.05) is 0 Å². The highest BCUT2D eigenvalue weighted by molar-refractivity contribution is 7.15. The molecule has 1 heterocycles. The Morgan fingerprint density at radius 2 is 2.00 bits per heavy atom. The molecule has 0 spiro atoms. The average molecular weight is 293 g/mol. The molecule has 4 heteroatoms. The molecular weight excluding hydrogens is 276 g/mol. The Labute approximate surface area is 122 Å². The van der Waals surface area contributed by atoms with Crippen LogP contribution in [0.5, 0.6) is 0 Å². The Morgan fingerprint density at radius 1 is 1.32 bits per heavy atom. The van der Waals surface area contributed by atoms with Crippen LogP contribution in [0.1, 0.15) is 43.2 Å². The van der Waals surface area contributed by atoms with Crippen LogP contribution < -0.4 is 5.73 Å². The van der Waals surface area contributed by atoms with Gasteiger partial charge in [-0.25, -0.2) is 4.98 Å². The van der Waals surface area contributed by atoms with E-state index in [1.807, 2.05) is 38.1 Å². The van der Waals surface area contributed by atoms with Crippen LogP contribution in [0.2, 0.25) is 5.02 Å². The van der Waals surface area contributed by atoms with E-state index in [9.17, 15) is 0 Å². The Balaban J connectivity index is 2.11. The van der Waals surface area contributed by atoms with Crippen LogP contribution in [0.15, 0.2) is 24.3 Å². The summed E-state index contributed by atoms with van der Waals surface area (Å²) >= 11 is 7.95. The van der Waals surface area contributed by atoms with Crippen LogP contribution in [0.3, 0.4) is 0 Å². The molecule has 1 aromatic heterocycles. The maximum atomic E-state index is 6.29. The summed E-state index contributed by atoms with van der Waals surface area (Å²) < 4.78 is 0. The molecule has 0 unspecified atom stereocenters. The van der Waals surface area contributed by atoms with Crippen molar-refractivity contribution < 1.29 is 0 Å². The second-order valence-electron chi connectivity index (χ2n) is 5.71. The van der Waals surface area contributed by atoms with E-state index in [0.717, 1.165) is 15.6 Å². The van der Waals surface area contributed by atoms with Gasteiger partial charge in [-0.3, -0.25) is 0 Å². The highest BCUT2D eigenvalue weighted by Gasteiger charge is 2.34. The topological polar surface area (TPSA) is 38.9 Å². The van der Waals surface area contributed by atoms with Gasteiger partial charge in [-0.15, -0.1) is 11.3 Å². The molecule has 0 aliphatic heterocycles. The molecule has 100 valence electrons. The van der Waals surface area contributed by atoms with Crippen LogP contribution in [-0.4, -0.2) is 4.98 Å². The van der Waals surface area contributed by atoms with Crippen LogP contribution in [-0.2, 0) is 5.54 Å². The van der Waals surface area contributed by atoms with Crippen molar-refractivity contribution in [1.29, 1.82) is 0 Å². The first-order valence-electron chi connectivity index (χ1n) is 6.52. The minimum atomic E-state index is -0.338. The number of rotatable bonds is 3. The Hall–Kier alpha value is -0.900. The summed E-state index contributed by atoms with van der Waals surface area (Å²) in [5.74, 6) is 0.602. The van der Waals surface area contributed by atoms with Crippen molar-refractivity contribution in [3.63, 3.8) is 0 Å². The Kier molecular flexibility index (Phi) is 3.16. The summed E-state index contributed by atoms with van der Waals surface area (Å²) in [5.41, 5.74) is 8.15. The van der Waals surface area contributed by atoms with E-state index in [1.165, 1.54) is 23.4 Å². The summed E-state index contributed by atoms with van der Waals surface area (Å²) in [7, 11) is 0. The maximum absolute atomic E-state index is 6.29. The van der Waals surface area contributed by atoms with Gasteiger partial charge in [0.25, 0.3) is 0 Å². The molecule has 1 fully saturated rings. The molecule has 0 amide bonds. The molecule has 2 nitrogen and oxygen atoms in total. The number of nitrogens with zero attached hydrogens (tertiary/aromatic N) is 1. The number of thiazole rings is 1. The van der Waals surface area contributed by atoms with E-state index < -0.39 is 0 Å². The zero-order valence-electron chi connectivity index (χ0n) is 11.1. The summed E-state index contributed by atoms with van der Waals surface area (Å²) in [6.07, 6.45) is 2.46. The third-order valence-corrected chi connectivity index (χ3v) is 5.08. The highest BCUT2D eigenvalue weighted by Crippen LogP contribution is 2.47. The van der Waals surface area contributed by atoms with Crippen LogP contribution in [0.25, 0.3) is 10.6 Å². The molecule has 0 bridgehead atoms.